The zero-order valence-electron chi connectivity index (χ0n) is 10.9. The van der Waals surface area contributed by atoms with Gasteiger partial charge in [0.2, 0.25) is 0 Å². The van der Waals surface area contributed by atoms with E-state index in [1.165, 1.54) is 0 Å². The van der Waals surface area contributed by atoms with Crippen molar-refractivity contribution >= 4 is 28.9 Å². The quantitative estimate of drug-likeness (QED) is 0.620. The Labute approximate surface area is 119 Å². The zero-order valence-corrected chi connectivity index (χ0v) is 11.7. The van der Waals surface area contributed by atoms with E-state index >= 15 is 0 Å². The SMILES string of the molecule is CCC(CC)(Nc1cc(F)c(Cl)cc1[N+](=O)[O-])C(=O)O. The van der Waals surface area contributed by atoms with Crippen molar-refractivity contribution < 1.29 is 19.2 Å². The molecule has 0 fully saturated rings. The van der Waals surface area contributed by atoms with E-state index in [2.05, 4.69) is 5.32 Å². The lowest BCUT2D eigenvalue weighted by Crippen LogP contribution is -2.45. The number of anilines is 1. The minimum Gasteiger partial charge on any atom is -0.480 e. The number of nitrogens with zero attached hydrogens (tertiary/aromatic N) is 1. The molecule has 0 saturated carbocycles. The number of halogens is 2. The van der Waals surface area contributed by atoms with Gasteiger partial charge in [-0.05, 0) is 12.8 Å². The number of carboxylic acid groups (broad SMARTS) is 1. The van der Waals surface area contributed by atoms with Gasteiger partial charge in [-0.15, -0.1) is 0 Å². The van der Waals surface area contributed by atoms with Crippen LogP contribution in [0.5, 0.6) is 0 Å². The van der Waals surface area contributed by atoms with E-state index < -0.39 is 33.0 Å². The third-order valence-corrected chi connectivity index (χ3v) is 3.52. The number of hydrogen-bond donors (Lipinski definition) is 2. The first-order valence-electron chi connectivity index (χ1n) is 5.92. The summed E-state index contributed by atoms with van der Waals surface area (Å²) in [5.74, 6) is -2.02. The van der Waals surface area contributed by atoms with Crippen LogP contribution in [0, 0.1) is 15.9 Å². The second-order valence-electron chi connectivity index (χ2n) is 4.26. The number of nitro groups is 1. The zero-order chi connectivity index (χ0) is 15.5. The van der Waals surface area contributed by atoms with E-state index in [1.807, 2.05) is 0 Å². The van der Waals surface area contributed by atoms with E-state index in [-0.39, 0.29) is 18.5 Å². The minimum atomic E-state index is -1.40. The average Bonchev–Trinajstić information content (AvgIpc) is 2.39. The molecule has 0 aliphatic carbocycles. The summed E-state index contributed by atoms with van der Waals surface area (Å²) in [7, 11) is 0. The van der Waals surface area contributed by atoms with E-state index in [4.69, 9.17) is 11.6 Å². The molecule has 6 nitrogen and oxygen atoms in total. The molecule has 0 saturated heterocycles. The lowest BCUT2D eigenvalue weighted by molar-refractivity contribution is -0.384. The highest BCUT2D eigenvalue weighted by molar-refractivity contribution is 6.31. The van der Waals surface area contributed by atoms with E-state index in [1.54, 1.807) is 13.8 Å². The molecular weight excluding hydrogens is 291 g/mol. The van der Waals surface area contributed by atoms with Crippen molar-refractivity contribution in [3.8, 4) is 0 Å². The molecule has 8 heteroatoms. The van der Waals surface area contributed by atoms with Crippen molar-refractivity contribution in [2.45, 2.75) is 32.2 Å². The highest BCUT2D eigenvalue weighted by Gasteiger charge is 2.36. The maximum atomic E-state index is 13.5. The van der Waals surface area contributed by atoms with Gasteiger partial charge in [-0.2, -0.15) is 0 Å². The van der Waals surface area contributed by atoms with Gasteiger partial charge >= 0.3 is 5.97 Å². The van der Waals surface area contributed by atoms with E-state index in [9.17, 15) is 24.4 Å². The van der Waals surface area contributed by atoms with Crippen molar-refractivity contribution in [3.63, 3.8) is 0 Å². The van der Waals surface area contributed by atoms with Crippen LogP contribution in [0.2, 0.25) is 5.02 Å². The molecule has 1 rings (SSSR count). The van der Waals surface area contributed by atoms with Crippen LogP contribution >= 0.6 is 11.6 Å². The number of carboxylic acids is 1. The number of carbonyl (C=O) groups is 1. The third kappa shape index (κ3) is 2.98. The Hall–Kier alpha value is -1.89. The Balaban J connectivity index is 3.35. The molecule has 0 atom stereocenters. The van der Waals surface area contributed by atoms with Crippen molar-refractivity contribution in [1.82, 2.24) is 0 Å². The van der Waals surface area contributed by atoms with Gasteiger partial charge in [-0.25, -0.2) is 9.18 Å². The van der Waals surface area contributed by atoms with Crippen LogP contribution in [0.15, 0.2) is 12.1 Å². The van der Waals surface area contributed by atoms with Gasteiger partial charge in [0.1, 0.15) is 17.0 Å². The first-order chi connectivity index (χ1) is 9.27. The van der Waals surface area contributed by atoms with Crippen molar-refractivity contribution in [2.24, 2.45) is 0 Å². The topological polar surface area (TPSA) is 92.5 Å². The molecule has 20 heavy (non-hydrogen) atoms. The molecule has 1 aromatic rings. The van der Waals surface area contributed by atoms with Crippen LogP contribution in [0.1, 0.15) is 26.7 Å². The fraction of sp³-hybridized carbons (Fsp3) is 0.417. The molecule has 0 aliphatic heterocycles. The molecule has 0 heterocycles. The summed E-state index contributed by atoms with van der Waals surface area (Å²) >= 11 is 5.51. The van der Waals surface area contributed by atoms with Crippen molar-refractivity contribution in [3.05, 3.63) is 33.1 Å². The highest BCUT2D eigenvalue weighted by Crippen LogP contribution is 2.33. The Morgan fingerprint density at radius 2 is 2.05 bits per heavy atom. The smallest absolute Gasteiger partial charge is 0.329 e. The number of hydrogen-bond acceptors (Lipinski definition) is 4. The normalized spacial score (nSPS) is 11.2. The molecule has 0 radical (unpaired) electrons. The van der Waals surface area contributed by atoms with E-state index in [0.29, 0.717) is 0 Å². The van der Waals surface area contributed by atoms with Crippen LogP contribution in [-0.2, 0) is 4.79 Å². The molecule has 1 aromatic carbocycles. The molecule has 0 spiro atoms. The summed E-state index contributed by atoms with van der Waals surface area (Å²) in [4.78, 5) is 21.6. The Bertz CT molecular complexity index is 547. The Kier molecular flexibility index (Phi) is 4.88. The monoisotopic (exact) mass is 304 g/mol. The van der Waals surface area contributed by atoms with Crippen LogP contribution in [-0.4, -0.2) is 21.5 Å². The van der Waals surface area contributed by atoms with Crippen molar-refractivity contribution in [2.75, 3.05) is 5.32 Å². The average molecular weight is 305 g/mol. The van der Waals surface area contributed by atoms with Gasteiger partial charge in [0, 0.05) is 12.1 Å². The van der Waals surface area contributed by atoms with Gasteiger partial charge in [-0.1, -0.05) is 25.4 Å². The minimum absolute atomic E-state index is 0.181. The second-order valence-corrected chi connectivity index (χ2v) is 4.67. The molecule has 0 aromatic heterocycles. The molecule has 0 bridgehead atoms. The van der Waals surface area contributed by atoms with Crippen molar-refractivity contribution in [1.29, 1.82) is 0 Å². The van der Waals surface area contributed by atoms with Gasteiger partial charge in [0.05, 0.1) is 9.95 Å². The first-order valence-corrected chi connectivity index (χ1v) is 6.30. The predicted octanol–water partition coefficient (Wildman–Crippen LogP) is 3.44. The molecule has 0 unspecified atom stereocenters. The number of rotatable bonds is 6. The van der Waals surface area contributed by atoms with Gasteiger partial charge in [0.25, 0.3) is 5.69 Å². The summed E-state index contributed by atoms with van der Waals surface area (Å²) in [6, 6.07) is 1.70. The van der Waals surface area contributed by atoms with Gasteiger partial charge in [-0.3, -0.25) is 10.1 Å². The highest BCUT2D eigenvalue weighted by atomic mass is 35.5. The van der Waals surface area contributed by atoms with Crippen LogP contribution in [0.3, 0.4) is 0 Å². The summed E-state index contributed by atoms with van der Waals surface area (Å²) in [6.07, 6.45) is 0.362. The van der Waals surface area contributed by atoms with E-state index in [0.717, 1.165) is 12.1 Å². The van der Waals surface area contributed by atoms with Crippen LogP contribution < -0.4 is 5.32 Å². The van der Waals surface area contributed by atoms with Crippen LogP contribution in [0.25, 0.3) is 0 Å². The second kappa shape index (κ2) is 6.04. The maximum Gasteiger partial charge on any atom is 0.329 e. The number of nitro benzene ring substituents is 1. The lowest BCUT2D eigenvalue weighted by atomic mass is 9.92. The summed E-state index contributed by atoms with van der Waals surface area (Å²) < 4.78 is 13.5. The third-order valence-electron chi connectivity index (χ3n) is 3.23. The number of nitrogens with one attached hydrogen (secondary N) is 1. The first kappa shape index (κ1) is 16.2. The fourth-order valence-corrected chi connectivity index (χ4v) is 1.99. The summed E-state index contributed by atoms with van der Waals surface area (Å²) in [6.45, 7) is 3.26. The maximum absolute atomic E-state index is 13.5. The number of benzene rings is 1. The van der Waals surface area contributed by atoms with Gasteiger partial charge in [0.15, 0.2) is 0 Å². The molecular formula is C12H14ClFN2O4. The number of aliphatic carboxylic acids is 1. The molecule has 0 amide bonds. The Morgan fingerprint density at radius 1 is 1.50 bits per heavy atom. The standard InChI is InChI=1S/C12H14ClFN2O4/c1-3-12(4-2,11(17)18)15-9-6-8(14)7(13)5-10(9)16(19)20/h5-6,15H,3-4H2,1-2H3,(H,17,18). The molecule has 0 aliphatic rings. The van der Waals surface area contributed by atoms with Crippen LogP contribution in [0.4, 0.5) is 15.8 Å². The summed E-state index contributed by atoms with van der Waals surface area (Å²) in [5.41, 5.74) is -2.07. The molecule has 110 valence electrons. The van der Waals surface area contributed by atoms with Gasteiger partial charge < -0.3 is 10.4 Å². The fourth-order valence-electron chi connectivity index (χ4n) is 1.83. The Morgan fingerprint density at radius 3 is 2.45 bits per heavy atom. The lowest BCUT2D eigenvalue weighted by Gasteiger charge is -2.29. The predicted molar refractivity (Wildman–Crippen MR) is 72.6 cm³/mol. The largest absolute Gasteiger partial charge is 0.480 e. The summed E-state index contributed by atoms with van der Waals surface area (Å²) in [5, 5.41) is 22.4. The molecule has 2 N–H and O–H groups in total.